The molecule has 1 saturated heterocycles. The highest BCUT2D eigenvalue weighted by Crippen LogP contribution is 2.23. The van der Waals surface area contributed by atoms with Crippen molar-refractivity contribution in [1.82, 2.24) is 9.88 Å². The summed E-state index contributed by atoms with van der Waals surface area (Å²) in [7, 11) is 0. The Morgan fingerprint density at radius 3 is 3.06 bits per heavy atom. The average molecular weight is 242 g/mol. The van der Waals surface area contributed by atoms with Gasteiger partial charge in [-0.25, -0.2) is 0 Å². The van der Waals surface area contributed by atoms with Gasteiger partial charge < -0.3 is 9.88 Å². The number of hydrogen-bond acceptors (Lipinski definition) is 1. The van der Waals surface area contributed by atoms with E-state index in [4.69, 9.17) is 0 Å². The van der Waals surface area contributed by atoms with Gasteiger partial charge in [-0.3, -0.25) is 4.79 Å². The summed E-state index contributed by atoms with van der Waals surface area (Å²) >= 11 is 0. The summed E-state index contributed by atoms with van der Waals surface area (Å²) in [5.74, 6) is 0.174. The van der Waals surface area contributed by atoms with Crippen LogP contribution < -0.4 is 0 Å². The van der Waals surface area contributed by atoms with Crippen molar-refractivity contribution in [2.45, 2.75) is 32.2 Å². The molecule has 1 atom stereocenters. The Balaban J connectivity index is 1.98. The van der Waals surface area contributed by atoms with Gasteiger partial charge in [-0.05, 0) is 44.4 Å². The Bertz CT molecular complexity index is 573. The van der Waals surface area contributed by atoms with Crippen LogP contribution in [-0.2, 0) is 0 Å². The first kappa shape index (κ1) is 11.3. The number of rotatable bonds is 1. The number of amides is 1. The minimum Gasteiger partial charge on any atom is -0.361 e. The lowest BCUT2D eigenvalue weighted by Gasteiger charge is -2.33. The van der Waals surface area contributed by atoms with Crippen LogP contribution in [0.4, 0.5) is 0 Å². The van der Waals surface area contributed by atoms with Gasteiger partial charge in [0.1, 0.15) is 0 Å². The summed E-state index contributed by atoms with van der Waals surface area (Å²) < 4.78 is 0. The summed E-state index contributed by atoms with van der Waals surface area (Å²) in [5.41, 5.74) is 1.85. The summed E-state index contributed by atoms with van der Waals surface area (Å²) in [5, 5.41) is 1.03. The molecule has 0 bridgehead atoms. The molecule has 1 fully saturated rings. The van der Waals surface area contributed by atoms with Gasteiger partial charge in [0.05, 0.1) is 0 Å². The van der Waals surface area contributed by atoms with Crippen LogP contribution in [0.15, 0.2) is 30.5 Å². The van der Waals surface area contributed by atoms with Gasteiger partial charge in [-0.15, -0.1) is 0 Å². The Hall–Kier alpha value is -1.77. The van der Waals surface area contributed by atoms with Crippen molar-refractivity contribution in [3.8, 4) is 0 Å². The minimum absolute atomic E-state index is 0.174. The maximum absolute atomic E-state index is 12.6. The SMILES string of the molecule is CC1CCCCN1C(=O)c1cccc2[nH]ccc12. The van der Waals surface area contributed by atoms with Crippen molar-refractivity contribution in [2.24, 2.45) is 0 Å². The predicted molar refractivity (Wildman–Crippen MR) is 72.6 cm³/mol. The highest BCUT2D eigenvalue weighted by Gasteiger charge is 2.25. The topological polar surface area (TPSA) is 36.1 Å². The number of piperidine rings is 1. The molecule has 2 aromatic rings. The fourth-order valence-electron chi connectivity index (χ4n) is 2.83. The van der Waals surface area contributed by atoms with E-state index >= 15 is 0 Å². The van der Waals surface area contributed by atoms with Crippen LogP contribution in [0.1, 0.15) is 36.5 Å². The second kappa shape index (κ2) is 4.48. The van der Waals surface area contributed by atoms with Crippen LogP contribution >= 0.6 is 0 Å². The lowest BCUT2D eigenvalue weighted by Crippen LogP contribution is -2.42. The van der Waals surface area contributed by atoms with Gasteiger partial charge in [-0.1, -0.05) is 6.07 Å². The first-order valence-corrected chi connectivity index (χ1v) is 6.64. The van der Waals surface area contributed by atoms with Gasteiger partial charge in [0.2, 0.25) is 0 Å². The van der Waals surface area contributed by atoms with E-state index in [-0.39, 0.29) is 5.91 Å². The Morgan fingerprint density at radius 2 is 2.22 bits per heavy atom. The standard InChI is InChI=1S/C15H18N2O/c1-11-5-2-3-10-17(11)15(18)13-6-4-7-14-12(13)8-9-16-14/h4,6-9,11,16H,2-3,5,10H2,1H3. The number of carbonyl (C=O) groups excluding carboxylic acids is 1. The van der Waals surface area contributed by atoms with E-state index in [0.717, 1.165) is 35.9 Å². The maximum atomic E-state index is 12.6. The second-order valence-corrected chi connectivity index (χ2v) is 5.09. The number of H-pyrrole nitrogens is 1. The molecule has 1 aliphatic heterocycles. The first-order chi connectivity index (χ1) is 8.77. The van der Waals surface area contributed by atoms with E-state index in [1.54, 1.807) is 0 Å². The molecule has 2 heterocycles. The third-order valence-electron chi connectivity index (χ3n) is 3.89. The zero-order chi connectivity index (χ0) is 12.5. The van der Waals surface area contributed by atoms with Crippen molar-refractivity contribution in [2.75, 3.05) is 6.54 Å². The molecular formula is C15H18N2O. The highest BCUT2D eigenvalue weighted by molar-refractivity contribution is 6.06. The lowest BCUT2D eigenvalue weighted by atomic mass is 10.0. The molecule has 3 heteroatoms. The number of hydrogen-bond donors (Lipinski definition) is 1. The van der Waals surface area contributed by atoms with Gasteiger partial charge in [0.15, 0.2) is 0 Å². The zero-order valence-corrected chi connectivity index (χ0v) is 10.6. The maximum Gasteiger partial charge on any atom is 0.254 e. The number of benzene rings is 1. The number of carbonyl (C=O) groups is 1. The van der Waals surface area contributed by atoms with Crippen LogP contribution in [-0.4, -0.2) is 28.4 Å². The van der Waals surface area contributed by atoms with E-state index in [9.17, 15) is 4.79 Å². The van der Waals surface area contributed by atoms with Crippen LogP contribution in [0.25, 0.3) is 10.9 Å². The molecule has 0 radical (unpaired) electrons. The van der Waals surface area contributed by atoms with Gasteiger partial charge >= 0.3 is 0 Å². The number of fused-ring (bicyclic) bond motifs is 1. The van der Waals surface area contributed by atoms with Crippen LogP contribution in [0, 0.1) is 0 Å². The third kappa shape index (κ3) is 1.80. The first-order valence-electron chi connectivity index (χ1n) is 6.64. The fourth-order valence-corrected chi connectivity index (χ4v) is 2.83. The molecule has 18 heavy (non-hydrogen) atoms. The Morgan fingerprint density at radius 1 is 1.33 bits per heavy atom. The van der Waals surface area contributed by atoms with Gasteiger partial charge in [-0.2, -0.15) is 0 Å². The number of aromatic nitrogens is 1. The molecular weight excluding hydrogens is 224 g/mol. The molecule has 94 valence electrons. The highest BCUT2D eigenvalue weighted by atomic mass is 16.2. The third-order valence-corrected chi connectivity index (χ3v) is 3.89. The fraction of sp³-hybridized carbons (Fsp3) is 0.400. The van der Waals surface area contributed by atoms with E-state index in [2.05, 4.69) is 11.9 Å². The lowest BCUT2D eigenvalue weighted by molar-refractivity contribution is 0.0637. The van der Waals surface area contributed by atoms with Crippen LogP contribution in [0.3, 0.4) is 0 Å². The van der Waals surface area contributed by atoms with Crippen molar-refractivity contribution < 1.29 is 4.79 Å². The number of likely N-dealkylation sites (tertiary alicyclic amines) is 1. The smallest absolute Gasteiger partial charge is 0.254 e. The van der Waals surface area contributed by atoms with Crippen molar-refractivity contribution in [1.29, 1.82) is 0 Å². The number of nitrogens with one attached hydrogen (secondary N) is 1. The molecule has 3 rings (SSSR count). The van der Waals surface area contributed by atoms with E-state index in [0.29, 0.717) is 6.04 Å². The number of aromatic amines is 1. The molecule has 3 nitrogen and oxygen atoms in total. The van der Waals surface area contributed by atoms with Gasteiger partial charge in [0, 0.05) is 35.2 Å². The second-order valence-electron chi connectivity index (χ2n) is 5.09. The van der Waals surface area contributed by atoms with Crippen LogP contribution in [0.5, 0.6) is 0 Å². The van der Waals surface area contributed by atoms with E-state index in [1.807, 2.05) is 35.4 Å². The monoisotopic (exact) mass is 242 g/mol. The summed E-state index contributed by atoms with van der Waals surface area (Å²) in [6.07, 6.45) is 5.37. The summed E-state index contributed by atoms with van der Waals surface area (Å²) in [4.78, 5) is 17.8. The van der Waals surface area contributed by atoms with Gasteiger partial charge in [0.25, 0.3) is 5.91 Å². The molecule has 1 aliphatic rings. The van der Waals surface area contributed by atoms with E-state index in [1.165, 1.54) is 6.42 Å². The molecule has 1 aromatic heterocycles. The molecule has 0 spiro atoms. The predicted octanol–water partition coefficient (Wildman–Crippen LogP) is 3.18. The molecule has 1 unspecified atom stereocenters. The van der Waals surface area contributed by atoms with E-state index < -0.39 is 0 Å². The molecule has 1 aromatic carbocycles. The largest absolute Gasteiger partial charge is 0.361 e. The Labute approximate surface area is 107 Å². The Kier molecular flexibility index (Phi) is 2.82. The van der Waals surface area contributed by atoms with Crippen molar-refractivity contribution in [3.05, 3.63) is 36.0 Å². The number of nitrogens with zero attached hydrogens (tertiary/aromatic N) is 1. The molecule has 1 amide bonds. The van der Waals surface area contributed by atoms with Crippen LogP contribution in [0.2, 0.25) is 0 Å². The molecule has 0 aliphatic carbocycles. The molecule has 1 N–H and O–H groups in total. The van der Waals surface area contributed by atoms with Crippen molar-refractivity contribution in [3.63, 3.8) is 0 Å². The average Bonchev–Trinajstić information content (AvgIpc) is 2.86. The van der Waals surface area contributed by atoms with Crippen molar-refractivity contribution >= 4 is 16.8 Å². The summed E-state index contributed by atoms with van der Waals surface area (Å²) in [6, 6.07) is 8.23. The summed E-state index contributed by atoms with van der Waals surface area (Å²) in [6.45, 7) is 3.04. The zero-order valence-electron chi connectivity index (χ0n) is 10.6. The molecule has 0 saturated carbocycles. The normalized spacial score (nSPS) is 20.3. The quantitative estimate of drug-likeness (QED) is 0.819. The minimum atomic E-state index is 0.174.